The third-order valence-corrected chi connectivity index (χ3v) is 2.64. The summed E-state index contributed by atoms with van der Waals surface area (Å²) in [5.41, 5.74) is 5.21. The van der Waals surface area contributed by atoms with Crippen molar-refractivity contribution in [1.82, 2.24) is 0 Å². The number of ketones is 1. The van der Waals surface area contributed by atoms with Crippen LogP contribution >= 0.6 is 0 Å². The highest BCUT2D eigenvalue weighted by molar-refractivity contribution is 6.09. The summed E-state index contributed by atoms with van der Waals surface area (Å²) in [7, 11) is 0. The number of halogens is 2. The monoisotopic (exact) mass is 223 g/mol. The Hall–Kier alpha value is -1.71. The van der Waals surface area contributed by atoms with E-state index in [9.17, 15) is 13.6 Å². The lowest BCUT2D eigenvalue weighted by molar-refractivity contribution is 0.102. The smallest absolute Gasteiger partial charge is 0.191 e. The van der Waals surface area contributed by atoms with Crippen molar-refractivity contribution < 1.29 is 13.6 Å². The highest BCUT2D eigenvalue weighted by Crippen LogP contribution is 2.25. The highest BCUT2D eigenvalue weighted by atomic mass is 19.1. The zero-order chi connectivity index (χ0) is 11.7. The van der Waals surface area contributed by atoms with Crippen LogP contribution in [0.1, 0.15) is 29.6 Å². The second-order valence-electron chi connectivity index (χ2n) is 3.81. The van der Waals surface area contributed by atoms with Crippen LogP contribution in [-0.2, 0) is 0 Å². The van der Waals surface area contributed by atoms with Gasteiger partial charge < -0.3 is 5.73 Å². The van der Waals surface area contributed by atoms with Crippen LogP contribution < -0.4 is 5.73 Å². The Labute approximate surface area is 91.8 Å². The number of carbonyl (C=O) groups excluding carboxylic acids is 1. The average Bonchev–Trinajstić information content (AvgIpc) is 2.75. The first-order valence-corrected chi connectivity index (χ1v) is 5.08. The van der Waals surface area contributed by atoms with Crippen molar-refractivity contribution in [2.24, 2.45) is 0 Å². The van der Waals surface area contributed by atoms with Gasteiger partial charge in [0.1, 0.15) is 5.82 Å². The maximum absolute atomic E-state index is 13.5. The molecule has 2 rings (SSSR count). The Morgan fingerprint density at radius 1 is 1.31 bits per heavy atom. The third kappa shape index (κ3) is 1.83. The Morgan fingerprint density at radius 2 is 2.06 bits per heavy atom. The number of benzene rings is 1. The number of hydrogen-bond donors (Lipinski definition) is 1. The molecule has 1 aromatic rings. The Bertz CT molecular complexity index is 480. The first kappa shape index (κ1) is 10.8. The molecule has 0 amide bonds. The molecule has 1 aliphatic rings. The number of allylic oxidation sites excluding steroid dienone is 2. The molecule has 0 saturated heterocycles. The molecule has 0 atom stereocenters. The minimum Gasteiger partial charge on any atom is -0.396 e. The zero-order valence-corrected chi connectivity index (χ0v) is 8.59. The molecule has 84 valence electrons. The second-order valence-corrected chi connectivity index (χ2v) is 3.81. The third-order valence-electron chi connectivity index (χ3n) is 2.64. The van der Waals surface area contributed by atoms with Gasteiger partial charge in [0, 0.05) is 0 Å². The number of hydrogen-bond acceptors (Lipinski definition) is 2. The van der Waals surface area contributed by atoms with Gasteiger partial charge in [-0.1, -0.05) is 6.08 Å². The second kappa shape index (κ2) is 4.04. The molecule has 0 fully saturated rings. The fourth-order valence-corrected chi connectivity index (χ4v) is 1.83. The molecule has 1 aliphatic carbocycles. The summed E-state index contributed by atoms with van der Waals surface area (Å²) in [6.45, 7) is 0. The number of anilines is 1. The molecule has 0 radical (unpaired) electrons. The largest absolute Gasteiger partial charge is 0.396 e. The van der Waals surface area contributed by atoms with Crippen LogP contribution in [0.4, 0.5) is 14.5 Å². The fraction of sp³-hybridized carbons (Fsp3) is 0.250. The predicted octanol–water partition coefficient (Wildman–Crippen LogP) is 2.84. The molecule has 0 saturated carbocycles. The Kier molecular flexibility index (Phi) is 2.73. The maximum atomic E-state index is 13.5. The first-order chi connectivity index (χ1) is 7.59. The Balaban J connectivity index is 2.43. The number of carbonyl (C=O) groups is 1. The number of rotatable bonds is 2. The highest BCUT2D eigenvalue weighted by Gasteiger charge is 2.20. The summed E-state index contributed by atoms with van der Waals surface area (Å²) in [5.74, 6) is -1.98. The molecule has 0 spiro atoms. The first-order valence-electron chi connectivity index (χ1n) is 5.08. The van der Waals surface area contributed by atoms with E-state index in [4.69, 9.17) is 5.73 Å². The molecule has 4 heteroatoms. The van der Waals surface area contributed by atoms with E-state index in [1.165, 1.54) is 0 Å². The molecule has 0 unspecified atom stereocenters. The van der Waals surface area contributed by atoms with Crippen molar-refractivity contribution >= 4 is 11.5 Å². The van der Waals surface area contributed by atoms with Crippen LogP contribution in [0.2, 0.25) is 0 Å². The average molecular weight is 223 g/mol. The van der Waals surface area contributed by atoms with Gasteiger partial charge >= 0.3 is 0 Å². The molecule has 2 N–H and O–H groups in total. The molecule has 0 heterocycles. The molecule has 0 aromatic heterocycles. The number of nitrogens with two attached hydrogens (primary N) is 1. The molecular weight excluding hydrogens is 212 g/mol. The summed E-state index contributed by atoms with van der Waals surface area (Å²) in [6.07, 6.45) is 4.08. The van der Waals surface area contributed by atoms with Gasteiger partial charge in [-0.05, 0) is 37.0 Å². The van der Waals surface area contributed by atoms with Crippen molar-refractivity contribution in [3.63, 3.8) is 0 Å². The number of Topliss-reactive ketones (excluding diaryl/α,β-unsaturated/α-hetero) is 1. The van der Waals surface area contributed by atoms with Gasteiger partial charge in [-0.25, -0.2) is 8.78 Å². The van der Waals surface area contributed by atoms with E-state index in [-0.39, 0.29) is 11.3 Å². The molecular formula is C12H11F2NO. The minimum atomic E-state index is -0.834. The molecule has 0 aliphatic heterocycles. The summed E-state index contributed by atoms with van der Waals surface area (Å²) >= 11 is 0. The van der Waals surface area contributed by atoms with Gasteiger partial charge in [0.2, 0.25) is 0 Å². The standard InChI is InChI=1S/C12H11F2NO/c13-8-5-9(11(14)10(15)6-8)12(16)7-3-1-2-4-7/h3,5-6H,1-2,4,15H2. The van der Waals surface area contributed by atoms with E-state index in [0.717, 1.165) is 25.0 Å². The van der Waals surface area contributed by atoms with E-state index in [0.29, 0.717) is 12.0 Å². The predicted molar refractivity (Wildman–Crippen MR) is 57.0 cm³/mol. The van der Waals surface area contributed by atoms with Crippen LogP contribution in [0.5, 0.6) is 0 Å². The normalized spacial score (nSPS) is 15.0. The van der Waals surface area contributed by atoms with Crippen LogP contribution in [0.25, 0.3) is 0 Å². The van der Waals surface area contributed by atoms with Gasteiger partial charge in [0.05, 0.1) is 11.3 Å². The lowest BCUT2D eigenvalue weighted by Crippen LogP contribution is -2.07. The van der Waals surface area contributed by atoms with Gasteiger partial charge in [-0.3, -0.25) is 4.79 Å². The van der Waals surface area contributed by atoms with Crippen molar-refractivity contribution in [3.8, 4) is 0 Å². The van der Waals surface area contributed by atoms with Crippen LogP contribution in [-0.4, -0.2) is 5.78 Å². The van der Waals surface area contributed by atoms with Crippen LogP contribution in [0.15, 0.2) is 23.8 Å². The van der Waals surface area contributed by atoms with E-state index < -0.39 is 17.4 Å². The lowest BCUT2D eigenvalue weighted by Gasteiger charge is -2.05. The number of nitrogen functional groups attached to an aromatic ring is 1. The minimum absolute atomic E-state index is 0.273. The van der Waals surface area contributed by atoms with Gasteiger partial charge in [0.25, 0.3) is 0 Å². The van der Waals surface area contributed by atoms with E-state index in [1.807, 2.05) is 0 Å². The van der Waals surface area contributed by atoms with Crippen LogP contribution in [0.3, 0.4) is 0 Å². The van der Waals surface area contributed by atoms with Crippen molar-refractivity contribution in [1.29, 1.82) is 0 Å². The lowest BCUT2D eigenvalue weighted by atomic mass is 10.0. The summed E-state index contributed by atoms with van der Waals surface area (Å²) in [4.78, 5) is 11.8. The van der Waals surface area contributed by atoms with Crippen molar-refractivity contribution in [2.75, 3.05) is 5.73 Å². The van der Waals surface area contributed by atoms with E-state index in [1.54, 1.807) is 6.08 Å². The quantitative estimate of drug-likeness (QED) is 0.618. The summed E-state index contributed by atoms with van der Waals surface area (Å²) in [5, 5.41) is 0. The van der Waals surface area contributed by atoms with Crippen molar-refractivity contribution in [2.45, 2.75) is 19.3 Å². The molecule has 0 bridgehead atoms. The summed E-state index contributed by atoms with van der Waals surface area (Å²) < 4.78 is 26.6. The topological polar surface area (TPSA) is 43.1 Å². The van der Waals surface area contributed by atoms with E-state index >= 15 is 0 Å². The van der Waals surface area contributed by atoms with Gasteiger partial charge in [-0.15, -0.1) is 0 Å². The molecule has 2 nitrogen and oxygen atoms in total. The Morgan fingerprint density at radius 3 is 2.69 bits per heavy atom. The van der Waals surface area contributed by atoms with Gasteiger partial charge in [-0.2, -0.15) is 0 Å². The maximum Gasteiger partial charge on any atom is 0.191 e. The molecule has 16 heavy (non-hydrogen) atoms. The zero-order valence-electron chi connectivity index (χ0n) is 8.59. The van der Waals surface area contributed by atoms with Crippen molar-refractivity contribution in [3.05, 3.63) is 41.0 Å². The van der Waals surface area contributed by atoms with E-state index in [2.05, 4.69) is 0 Å². The fourth-order valence-electron chi connectivity index (χ4n) is 1.83. The summed E-state index contributed by atoms with van der Waals surface area (Å²) in [6, 6.07) is 1.77. The van der Waals surface area contributed by atoms with Gasteiger partial charge in [0.15, 0.2) is 11.6 Å². The molecule has 1 aromatic carbocycles. The SMILES string of the molecule is Nc1cc(F)cc(C(=O)C2=CCCC2)c1F. The van der Waals surface area contributed by atoms with Crippen LogP contribution in [0, 0.1) is 11.6 Å².